The van der Waals surface area contributed by atoms with Gasteiger partial charge < -0.3 is 15.2 Å². The number of hydrogen-bond acceptors (Lipinski definition) is 4. The zero-order chi connectivity index (χ0) is 12.0. The van der Waals surface area contributed by atoms with Crippen LogP contribution >= 0.6 is 0 Å². The van der Waals surface area contributed by atoms with Crippen molar-refractivity contribution in [3.63, 3.8) is 0 Å². The molecule has 0 radical (unpaired) electrons. The van der Waals surface area contributed by atoms with E-state index in [-0.39, 0.29) is 5.54 Å². The molecule has 16 heavy (non-hydrogen) atoms. The van der Waals surface area contributed by atoms with Gasteiger partial charge in [-0.3, -0.25) is 4.90 Å². The van der Waals surface area contributed by atoms with Gasteiger partial charge in [-0.2, -0.15) is 0 Å². The van der Waals surface area contributed by atoms with Crippen LogP contribution in [-0.2, 0) is 9.47 Å². The molecule has 1 rings (SSSR count). The zero-order valence-electron chi connectivity index (χ0n) is 10.9. The SMILES string of the molecule is COCCC(C)(CN)N1CCCOC(C)C1. The number of ether oxygens (including phenoxy) is 2. The van der Waals surface area contributed by atoms with Gasteiger partial charge in [0.25, 0.3) is 0 Å². The van der Waals surface area contributed by atoms with Crippen LogP contribution in [0, 0.1) is 0 Å². The molecule has 4 nitrogen and oxygen atoms in total. The van der Waals surface area contributed by atoms with Crippen LogP contribution in [0.1, 0.15) is 26.7 Å². The Morgan fingerprint density at radius 2 is 2.31 bits per heavy atom. The first-order chi connectivity index (χ1) is 7.62. The minimum Gasteiger partial charge on any atom is -0.385 e. The first-order valence-electron chi connectivity index (χ1n) is 6.18. The van der Waals surface area contributed by atoms with Crippen LogP contribution < -0.4 is 5.73 Å². The minimum absolute atomic E-state index is 0.0397. The van der Waals surface area contributed by atoms with Crippen molar-refractivity contribution in [2.75, 3.05) is 40.0 Å². The van der Waals surface area contributed by atoms with Gasteiger partial charge in [0, 0.05) is 45.5 Å². The van der Waals surface area contributed by atoms with Crippen LogP contribution in [0.5, 0.6) is 0 Å². The molecule has 96 valence electrons. The maximum Gasteiger partial charge on any atom is 0.0674 e. The van der Waals surface area contributed by atoms with Gasteiger partial charge in [0.05, 0.1) is 6.10 Å². The Morgan fingerprint density at radius 3 is 2.94 bits per heavy atom. The molecule has 0 spiro atoms. The van der Waals surface area contributed by atoms with Gasteiger partial charge >= 0.3 is 0 Å². The average molecular weight is 230 g/mol. The average Bonchev–Trinajstić information content (AvgIpc) is 2.51. The molecular weight excluding hydrogens is 204 g/mol. The zero-order valence-corrected chi connectivity index (χ0v) is 10.9. The van der Waals surface area contributed by atoms with Crippen molar-refractivity contribution in [1.29, 1.82) is 0 Å². The van der Waals surface area contributed by atoms with Crippen molar-refractivity contribution < 1.29 is 9.47 Å². The number of rotatable bonds is 5. The third kappa shape index (κ3) is 3.70. The van der Waals surface area contributed by atoms with Crippen LogP contribution in [0.2, 0.25) is 0 Å². The molecule has 0 bridgehead atoms. The summed E-state index contributed by atoms with van der Waals surface area (Å²) >= 11 is 0. The summed E-state index contributed by atoms with van der Waals surface area (Å²) in [4.78, 5) is 2.46. The highest BCUT2D eigenvalue weighted by molar-refractivity contribution is 4.89. The molecule has 0 amide bonds. The fourth-order valence-electron chi connectivity index (χ4n) is 2.20. The van der Waals surface area contributed by atoms with Gasteiger partial charge in [-0.15, -0.1) is 0 Å². The summed E-state index contributed by atoms with van der Waals surface area (Å²) in [7, 11) is 1.74. The Hall–Kier alpha value is -0.160. The lowest BCUT2D eigenvalue weighted by atomic mass is 9.95. The Bertz CT molecular complexity index is 201. The van der Waals surface area contributed by atoms with E-state index in [2.05, 4.69) is 18.7 Å². The van der Waals surface area contributed by atoms with Crippen LogP contribution in [0.15, 0.2) is 0 Å². The standard InChI is InChI=1S/C12H26N2O2/c1-11-9-14(6-4-7-16-11)12(2,10-13)5-8-15-3/h11H,4-10,13H2,1-3H3. The molecule has 1 aliphatic heterocycles. The third-order valence-electron chi connectivity index (χ3n) is 3.50. The smallest absolute Gasteiger partial charge is 0.0674 e. The number of methoxy groups -OCH3 is 1. The molecular formula is C12H26N2O2. The van der Waals surface area contributed by atoms with Gasteiger partial charge in [0.1, 0.15) is 0 Å². The van der Waals surface area contributed by atoms with Crippen molar-refractivity contribution >= 4 is 0 Å². The molecule has 4 heteroatoms. The van der Waals surface area contributed by atoms with E-state index in [0.717, 1.165) is 39.1 Å². The van der Waals surface area contributed by atoms with E-state index in [1.165, 1.54) is 0 Å². The molecule has 2 atom stereocenters. The first-order valence-corrected chi connectivity index (χ1v) is 6.18. The predicted octanol–water partition coefficient (Wildman–Crippen LogP) is 0.851. The molecule has 1 heterocycles. The summed E-state index contributed by atoms with van der Waals surface area (Å²) in [5, 5.41) is 0. The summed E-state index contributed by atoms with van der Waals surface area (Å²) in [6.07, 6.45) is 2.37. The normalized spacial score (nSPS) is 27.4. The van der Waals surface area contributed by atoms with Crippen LogP contribution in [0.4, 0.5) is 0 Å². The van der Waals surface area contributed by atoms with Crippen LogP contribution in [-0.4, -0.2) is 56.5 Å². The quantitative estimate of drug-likeness (QED) is 0.760. The largest absolute Gasteiger partial charge is 0.385 e. The van der Waals surface area contributed by atoms with Crippen molar-refractivity contribution in [2.45, 2.75) is 38.3 Å². The second kappa shape index (κ2) is 6.55. The summed E-state index contributed by atoms with van der Waals surface area (Å²) in [5.74, 6) is 0. The summed E-state index contributed by atoms with van der Waals surface area (Å²) in [6.45, 7) is 8.69. The van der Waals surface area contributed by atoms with E-state index < -0.39 is 0 Å². The molecule has 2 N–H and O–H groups in total. The predicted molar refractivity (Wildman–Crippen MR) is 65.6 cm³/mol. The van der Waals surface area contributed by atoms with E-state index in [0.29, 0.717) is 12.6 Å². The number of hydrogen-bond donors (Lipinski definition) is 1. The van der Waals surface area contributed by atoms with Crippen molar-refractivity contribution in [1.82, 2.24) is 4.90 Å². The molecule has 1 fully saturated rings. The monoisotopic (exact) mass is 230 g/mol. The fourth-order valence-corrected chi connectivity index (χ4v) is 2.20. The highest BCUT2D eigenvalue weighted by atomic mass is 16.5. The maximum absolute atomic E-state index is 5.94. The molecule has 0 aromatic heterocycles. The third-order valence-corrected chi connectivity index (χ3v) is 3.50. The number of nitrogens with zero attached hydrogens (tertiary/aromatic N) is 1. The lowest BCUT2D eigenvalue weighted by molar-refractivity contribution is 0.0305. The summed E-state index contributed by atoms with van der Waals surface area (Å²) in [6, 6.07) is 0. The number of nitrogens with two attached hydrogens (primary N) is 1. The van der Waals surface area contributed by atoms with Gasteiger partial charge in [-0.25, -0.2) is 0 Å². The molecule has 1 aliphatic rings. The molecule has 2 unspecified atom stereocenters. The van der Waals surface area contributed by atoms with Gasteiger partial charge in [-0.05, 0) is 26.7 Å². The molecule has 0 saturated carbocycles. The molecule has 0 aromatic rings. The lowest BCUT2D eigenvalue weighted by Crippen LogP contribution is -2.54. The Labute approximate surface area is 99.1 Å². The molecule has 0 aromatic carbocycles. The van der Waals surface area contributed by atoms with Gasteiger partial charge in [0.15, 0.2) is 0 Å². The lowest BCUT2D eigenvalue weighted by Gasteiger charge is -2.40. The molecule has 1 saturated heterocycles. The highest BCUT2D eigenvalue weighted by Crippen LogP contribution is 2.21. The van der Waals surface area contributed by atoms with Gasteiger partial charge in [-0.1, -0.05) is 0 Å². The van der Waals surface area contributed by atoms with E-state index in [1.807, 2.05) is 0 Å². The van der Waals surface area contributed by atoms with Gasteiger partial charge in [0.2, 0.25) is 0 Å². The van der Waals surface area contributed by atoms with Crippen molar-refractivity contribution in [3.05, 3.63) is 0 Å². The Balaban J connectivity index is 2.61. The fraction of sp³-hybridized carbons (Fsp3) is 1.00. The van der Waals surface area contributed by atoms with Crippen LogP contribution in [0.25, 0.3) is 0 Å². The summed E-state index contributed by atoms with van der Waals surface area (Å²) < 4.78 is 10.8. The molecule has 0 aliphatic carbocycles. The maximum atomic E-state index is 5.94. The highest BCUT2D eigenvalue weighted by Gasteiger charge is 2.32. The Morgan fingerprint density at radius 1 is 1.56 bits per heavy atom. The Kier molecular flexibility index (Phi) is 5.69. The second-order valence-corrected chi connectivity index (χ2v) is 4.92. The van der Waals surface area contributed by atoms with E-state index in [4.69, 9.17) is 15.2 Å². The topological polar surface area (TPSA) is 47.7 Å². The second-order valence-electron chi connectivity index (χ2n) is 4.92. The minimum atomic E-state index is 0.0397. The van der Waals surface area contributed by atoms with E-state index in [9.17, 15) is 0 Å². The van der Waals surface area contributed by atoms with E-state index >= 15 is 0 Å². The van der Waals surface area contributed by atoms with Crippen molar-refractivity contribution in [3.8, 4) is 0 Å². The van der Waals surface area contributed by atoms with E-state index in [1.54, 1.807) is 7.11 Å². The van der Waals surface area contributed by atoms with Crippen molar-refractivity contribution in [2.24, 2.45) is 5.73 Å². The first kappa shape index (κ1) is 13.9. The summed E-state index contributed by atoms with van der Waals surface area (Å²) in [5.41, 5.74) is 5.98. The van der Waals surface area contributed by atoms with Crippen LogP contribution in [0.3, 0.4) is 0 Å².